The number of fused-ring (bicyclic) bond motifs is 2. The van der Waals surface area contributed by atoms with Crippen molar-refractivity contribution in [3.63, 3.8) is 0 Å². The van der Waals surface area contributed by atoms with Crippen molar-refractivity contribution in [1.82, 2.24) is 15.0 Å². The summed E-state index contributed by atoms with van der Waals surface area (Å²) in [6.07, 6.45) is 5.18. The van der Waals surface area contributed by atoms with E-state index in [1.165, 1.54) is 10.9 Å². The lowest BCUT2D eigenvalue weighted by Gasteiger charge is -2.29. The lowest BCUT2D eigenvalue weighted by Crippen LogP contribution is -2.36. The van der Waals surface area contributed by atoms with E-state index in [1.54, 1.807) is 12.3 Å². The molecule has 128 valence electrons. The zero-order valence-electron chi connectivity index (χ0n) is 14.4. The van der Waals surface area contributed by atoms with Gasteiger partial charge in [-0.05, 0) is 42.4 Å². The Labute approximate surface area is 143 Å². The minimum absolute atomic E-state index is 0.576. The van der Waals surface area contributed by atoms with Gasteiger partial charge in [0.15, 0.2) is 4.54 Å². The molecule has 0 unspecified atom stereocenters. The summed E-state index contributed by atoms with van der Waals surface area (Å²) in [6, 6.07) is 5.47. The zero-order chi connectivity index (χ0) is 17.8. The maximum absolute atomic E-state index is 12.6. The molecular formula is C17H18N5O3+. The van der Waals surface area contributed by atoms with E-state index in [2.05, 4.69) is 10.3 Å². The molecule has 3 aromatic rings. The maximum Gasteiger partial charge on any atom is 0.281 e. The largest absolute Gasteiger partial charge is 0.483 e. The second-order valence-corrected chi connectivity index (χ2v) is 6.75. The number of anilines is 1. The molecule has 0 radical (unpaired) electrons. The van der Waals surface area contributed by atoms with Gasteiger partial charge in [-0.1, -0.05) is 4.68 Å². The Morgan fingerprint density at radius 3 is 2.60 bits per heavy atom. The van der Waals surface area contributed by atoms with Crippen molar-refractivity contribution in [1.29, 1.82) is 0 Å². The Hall–Kier alpha value is -3.16. The van der Waals surface area contributed by atoms with Crippen LogP contribution in [0.4, 0.5) is 5.69 Å². The fourth-order valence-electron chi connectivity index (χ4n) is 2.89. The summed E-state index contributed by atoms with van der Waals surface area (Å²) in [5.41, 5.74) is 2.93. The van der Waals surface area contributed by atoms with Crippen LogP contribution in [-0.2, 0) is 0 Å². The molecule has 0 fully saturated rings. The number of hydrogen-bond donors (Lipinski definition) is 0. The molecule has 0 bridgehead atoms. The van der Waals surface area contributed by atoms with Gasteiger partial charge in [-0.3, -0.25) is 0 Å². The molecule has 8 nitrogen and oxygen atoms in total. The maximum atomic E-state index is 12.6. The summed E-state index contributed by atoms with van der Waals surface area (Å²) in [6.45, 7) is 3.87. The Morgan fingerprint density at radius 2 is 1.92 bits per heavy atom. The third kappa shape index (κ3) is 2.55. The van der Waals surface area contributed by atoms with Crippen LogP contribution < -0.4 is 14.2 Å². The van der Waals surface area contributed by atoms with Crippen molar-refractivity contribution in [2.75, 3.05) is 19.0 Å². The van der Waals surface area contributed by atoms with Gasteiger partial charge >= 0.3 is 0 Å². The molecule has 3 heterocycles. The molecule has 1 aromatic carbocycles. The molecule has 0 atom stereocenters. The average molecular weight is 340 g/mol. The number of benzene rings is 1. The average Bonchev–Trinajstić information content (AvgIpc) is 2.98. The number of rotatable bonds is 2. The lowest BCUT2D eigenvalue weighted by atomic mass is 9.98. The van der Waals surface area contributed by atoms with Crippen LogP contribution in [-0.4, -0.2) is 34.7 Å². The summed E-state index contributed by atoms with van der Waals surface area (Å²) in [5.74, 6) is 0.634. The molecule has 25 heavy (non-hydrogen) atoms. The first-order chi connectivity index (χ1) is 11.8. The van der Waals surface area contributed by atoms with E-state index in [9.17, 15) is 4.91 Å². The normalized spacial score (nSPS) is 15.4. The fourth-order valence-corrected chi connectivity index (χ4v) is 2.89. The van der Waals surface area contributed by atoms with Crippen LogP contribution >= 0.6 is 0 Å². The van der Waals surface area contributed by atoms with Gasteiger partial charge in [0.25, 0.3) is 6.20 Å². The second-order valence-electron chi connectivity index (χ2n) is 6.75. The molecule has 0 saturated carbocycles. The lowest BCUT2D eigenvalue weighted by molar-refractivity contribution is -0.583. The van der Waals surface area contributed by atoms with Crippen molar-refractivity contribution in [2.24, 2.45) is 0 Å². The van der Waals surface area contributed by atoms with Crippen molar-refractivity contribution in [2.45, 2.75) is 19.4 Å². The van der Waals surface area contributed by atoms with E-state index >= 15 is 0 Å². The first-order valence-corrected chi connectivity index (χ1v) is 7.85. The van der Waals surface area contributed by atoms with Gasteiger partial charge < -0.3 is 9.64 Å². The quantitative estimate of drug-likeness (QED) is 0.665. The van der Waals surface area contributed by atoms with Crippen molar-refractivity contribution in [3.05, 3.63) is 47.1 Å². The summed E-state index contributed by atoms with van der Waals surface area (Å²) in [7, 11) is 3.78. The predicted octanol–water partition coefficient (Wildman–Crippen LogP) is 2.06. The topological polar surface area (TPSA) is 79.3 Å². The minimum Gasteiger partial charge on any atom is -0.483 e. The van der Waals surface area contributed by atoms with E-state index in [4.69, 9.17) is 9.37 Å². The number of hydrogen-bond acceptors (Lipinski definition) is 6. The van der Waals surface area contributed by atoms with Crippen LogP contribution in [0.15, 0.2) is 41.3 Å². The molecule has 1 aliphatic heterocycles. The Bertz CT molecular complexity index is 1060. The molecule has 2 aromatic heterocycles. The monoisotopic (exact) mass is 340 g/mol. The molecule has 0 spiro atoms. The summed E-state index contributed by atoms with van der Waals surface area (Å²) < 4.78 is 13.2. The Morgan fingerprint density at radius 1 is 1.20 bits per heavy atom. The van der Waals surface area contributed by atoms with Crippen molar-refractivity contribution in [3.8, 4) is 5.75 Å². The minimum atomic E-state index is -0.576. The van der Waals surface area contributed by atoms with Gasteiger partial charge in [0.1, 0.15) is 33.8 Å². The highest BCUT2D eigenvalue weighted by atomic mass is 16.6. The summed E-state index contributed by atoms with van der Waals surface area (Å²) in [5, 5.41) is 7.74. The molecule has 0 amide bonds. The number of ether oxygens (including phenoxy) is 1. The molecule has 4 rings (SSSR count). The predicted molar refractivity (Wildman–Crippen MR) is 92.0 cm³/mol. The van der Waals surface area contributed by atoms with Crippen LogP contribution in [0.3, 0.4) is 0 Å². The first-order valence-electron chi connectivity index (χ1n) is 7.85. The van der Waals surface area contributed by atoms with Crippen LogP contribution in [0.25, 0.3) is 16.7 Å². The van der Waals surface area contributed by atoms with Gasteiger partial charge in [-0.25, -0.2) is 4.63 Å². The van der Waals surface area contributed by atoms with Gasteiger partial charge in [-0.2, -0.15) is 0 Å². The molecular weight excluding hydrogens is 322 g/mol. The van der Waals surface area contributed by atoms with Crippen LogP contribution in [0.5, 0.6) is 5.75 Å². The number of aromatic nitrogens is 4. The molecule has 1 aliphatic rings. The summed E-state index contributed by atoms with van der Waals surface area (Å²) >= 11 is 0. The SMILES string of the molecule is CN(C)c1ccn(C2=CC(C)(C)Oc3cc4nonc4cc32)[n+](=O)c1. The molecule has 0 N–H and O–H groups in total. The highest BCUT2D eigenvalue weighted by Crippen LogP contribution is 2.38. The van der Waals surface area contributed by atoms with Crippen LogP contribution in [0.1, 0.15) is 19.4 Å². The van der Waals surface area contributed by atoms with E-state index in [0.717, 1.165) is 21.5 Å². The molecule has 0 saturated heterocycles. The smallest absolute Gasteiger partial charge is 0.281 e. The molecule has 0 aliphatic carbocycles. The number of nitrogens with zero attached hydrogens (tertiary/aromatic N) is 5. The van der Waals surface area contributed by atoms with Gasteiger partial charge in [-0.15, -0.1) is 0 Å². The summed E-state index contributed by atoms with van der Waals surface area (Å²) in [4.78, 5) is 14.5. The van der Waals surface area contributed by atoms with Gasteiger partial charge in [0.05, 0.1) is 11.1 Å². The fraction of sp³-hybridized carbons (Fsp3) is 0.294. The Balaban J connectivity index is 1.94. The molecule has 8 heteroatoms. The highest BCUT2D eigenvalue weighted by molar-refractivity contribution is 5.84. The Kier molecular flexibility index (Phi) is 3.18. The van der Waals surface area contributed by atoms with Gasteiger partial charge in [0, 0.05) is 25.7 Å². The van der Waals surface area contributed by atoms with Crippen molar-refractivity contribution < 1.29 is 13.9 Å². The van der Waals surface area contributed by atoms with Crippen LogP contribution in [0, 0.1) is 4.91 Å². The van der Waals surface area contributed by atoms with Gasteiger partial charge in [0.2, 0.25) is 0 Å². The van der Waals surface area contributed by atoms with Crippen LogP contribution in [0.2, 0.25) is 0 Å². The van der Waals surface area contributed by atoms with E-state index < -0.39 is 5.60 Å². The first kappa shape index (κ1) is 15.4. The standard InChI is InChI=1S/C17H18N5O3/c1-17(2)9-15(21-6-5-11(20(3)4)10-22(21)23)12-7-13-14(19-25-18-13)8-16(12)24-17/h5-10H,1-4H3/q+1. The van der Waals surface area contributed by atoms with E-state index in [-0.39, 0.29) is 0 Å². The third-order valence-electron chi connectivity index (χ3n) is 4.09. The second kappa shape index (κ2) is 5.17. The van der Waals surface area contributed by atoms with Crippen molar-refractivity contribution >= 4 is 22.4 Å². The third-order valence-corrected chi connectivity index (χ3v) is 4.09. The zero-order valence-corrected chi connectivity index (χ0v) is 14.4. The van der Waals surface area contributed by atoms with E-state index in [1.807, 2.05) is 51.1 Å². The highest BCUT2D eigenvalue weighted by Gasteiger charge is 2.31. The van der Waals surface area contributed by atoms with E-state index in [0.29, 0.717) is 16.8 Å².